The van der Waals surface area contributed by atoms with E-state index < -0.39 is 0 Å². The maximum atomic E-state index is 6.20. The van der Waals surface area contributed by atoms with Gasteiger partial charge in [0.2, 0.25) is 0 Å². The van der Waals surface area contributed by atoms with Crippen molar-refractivity contribution in [3.63, 3.8) is 0 Å². The van der Waals surface area contributed by atoms with E-state index in [0.29, 0.717) is 0 Å². The fourth-order valence-corrected chi connectivity index (χ4v) is 2.31. The van der Waals surface area contributed by atoms with Crippen LogP contribution in [-0.2, 0) is 13.0 Å². The second-order valence-electron chi connectivity index (χ2n) is 3.49. The highest BCUT2D eigenvalue weighted by Gasteiger charge is 2.16. The standard InChI is InChI=1S/C10H11BrClN/c1-13-5-4-7-2-3-9(11)10(12)8(7)6-13/h2-3H,4-6H2,1H3. The van der Waals surface area contributed by atoms with Gasteiger partial charge in [-0.3, -0.25) is 0 Å². The van der Waals surface area contributed by atoms with Gasteiger partial charge in [-0.15, -0.1) is 0 Å². The lowest BCUT2D eigenvalue weighted by atomic mass is 10.0. The van der Waals surface area contributed by atoms with E-state index in [4.69, 9.17) is 11.6 Å². The summed E-state index contributed by atoms with van der Waals surface area (Å²) in [7, 11) is 2.13. The van der Waals surface area contributed by atoms with Crippen molar-refractivity contribution in [3.8, 4) is 0 Å². The predicted octanol–water partition coefficient (Wildman–Crippen LogP) is 3.09. The van der Waals surface area contributed by atoms with Crippen LogP contribution in [0.5, 0.6) is 0 Å². The molecule has 0 aromatic heterocycles. The zero-order chi connectivity index (χ0) is 9.42. The highest BCUT2D eigenvalue weighted by Crippen LogP contribution is 2.31. The molecular formula is C10H11BrClN. The zero-order valence-electron chi connectivity index (χ0n) is 7.48. The number of hydrogen-bond donors (Lipinski definition) is 0. The number of likely N-dealkylation sites (N-methyl/N-ethyl adjacent to an activating group) is 1. The summed E-state index contributed by atoms with van der Waals surface area (Å²) in [6.45, 7) is 2.10. The molecule has 70 valence electrons. The van der Waals surface area contributed by atoms with Crippen molar-refractivity contribution in [1.29, 1.82) is 0 Å². The topological polar surface area (TPSA) is 3.24 Å². The summed E-state index contributed by atoms with van der Waals surface area (Å²) in [4.78, 5) is 2.29. The molecule has 0 saturated carbocycles. The van der Waals surface area contributed by atoms with Crippen molar-refractivity contribution in [2.75, 3.05) is 13.6 Å². The molecule has 0 N–H and O–H groups in total. The fraction of sp³-hybridized carbons (Fsp3) is 0.400. The number of benzene rings is 1. The Balaban J connectivity index is 2.48. The van der Waals surface area contributed by atoms with Gasteiger partial charge in [-0.1, -0.05) is 17.7 Å². The van der Waals surface area contributed by atoms with Gasteiger partial charge in [0.15, 0.2) is 0 Å². The smallest absolute Gasteiger partial charge is 0.0595 e. The van der Waals surface area contributed by atoms with Gasteiger partial charge in [0, 0.05) is 17.6 Å². The van der Waals surface area contributed by atoms with E-state index in [9.17, 15) is 0 Å². The first-order chi connectivity index (χ1) is 6.18. The van der Waals surface area contributed by atoms with Crippen molar-refractivity contribution < 1.29 is 0 Å². The number of nitrogens with zero attached hydrogens (tertiary/aromatic N) is 1. The first-order valence-electron chi connectivity index (χ1n) is 4.33. The minimum Gasteiger partial charge on any atom is -0.302 e. The molecule has 0 aliphatic carbocycles. The maximum absolute atomic E-state index is 6.20. The van der Waals surface area contributed by atoms with E-state index in [1.165, 1.54) is 11.1 Å². The van der Waals surface area contributed by atoms with Crippen LogP contribution in [0.3, 0.4) is 0 Å². The summed E-state index contributed by atoms with van der Waals surface area (Å²) in [6, 6.07) is 4.20. The number of halogens is 2. The predicted molar refractivity (Wildman–Crippen MR) is 59.2 cm³/mol. The first-order valence-corrected chi connectivity index (χ1v) is 5.50. The Bertz CT molecular complexity index is 338. The van der Waals surface area contributed by atoms with Crippen molar-refractivity contribution in [1.82, 2.24) is 4.90 Å². The molecule has 0 unspecified atom stereocenters. The van der Waals surface area contributed by atoms with Gasteiger partial charge >= 0.3 is 0 Å². The van der Waals surface area contributed by atoms with Crippen LogP contribution in [-0.4, -0.2) is 18.5 Å². The molecule has 13 heavy (non-hydrogen) atoms. The van der Waals surface area contributed by atoms with E-state index in [2.05, 4.69) is 33.9 Å². The molecule has 3 heteroatoms. The lowest BCUT2D eigenvalue weighted by Crippen LogP contribution is -2.26. The van der Waals surface area contributed by atoms with Gasteiger partial charge in [-0.25, -0.2) is 0 Å². The van der Waals surface area contributed by atoms with Crippen molar-refractivity contribution in [3.05, 3.63) is 32.8 Å². The number of fused-ring (bicyclic) bond motifs is 1. The Morgan fingerprint density at radius 3 is 3.00 bits per heavy atom. The van der Waals surface area contributed by atoms with Gasteiger partial charge in [-0.05, 0) is 46.6 Å². The molecule has 1 aliphatic heterocycles. The average Bonchev–Trinajstić information content (AvgIpc) is 2.12. The minimum atomic E-state index is 0.879. The van der Waals surface area contributed by atoms with E-state index >= 15 is 0 Å². The average molecular weight is 261 g/mol. The van der Waals surface area contributed by atoms with Gasteiger partial charge < -0.3 is 4.90 Å². The summed E-state index contributed by atoms with van der Waals surface area (Å²) >= 11 is 9.65. The highest BCUT2D eigenvalue weighted by molar-refractivity contribution is 9.10. The van der Waals surface area contributed by atoms with Gasteiger partial charge in [-0.2, -0.15) is 0 Å². The molecule has 1 nitrogen and oxygen atoms in total. The summed E-state index contributed by atoms with van der Waals surface area (Å²) in [6.07, 6.45) is 1.11. The molecule has 1 aliphatic rings. The quantitative estimate of drug-likeness (QED) is 0.693. The highest BCUT2D eigenvalue weighted by atomic mass is 79.9. The Labute approximate surface area is 91.8 Å². The summed E-state index contributed by atoms with van der Waals surface area (Å²) in [5.74, 6) is 0. The van der Waals surface area contributed by atoms with Crippen LogP contribution >= 0.6 is 27.5 Å². The molecule has 0 bridgehead atoms. The van der Waals surface area contributed by atoms with Crippen LogP contribution in [0.1, 0.15) is 11.1 Å². The van der Waals surface area contributed by atoms with Crippen LogP contribution in [0.2, 0.25) is 5.02 Å². The Kier molecular flexibility index (Phi) is 2.63. The van der Waals surface area contributed by atoms with Gasteiger partial charge in [0.1, 0.15) is 0 Å². The Hall–Kier alpha value is -0.0500. The van der Waals surface area contributed by atoms with E-state index in [-0.39, 0.29) is 0 Å². The summed E-state index contributed by atoms with van der Waals surface area (Å²) in [5, 5.41) is 0.879. The molecule has 0 radical (unpaired) electrons. The SMILES string of the molecule is CN1CCc2ccc(Br)c(Cl)c2C1. The van der Waals surface area contributed by atoms with E-state index in [0.717, 1.165) is 29.0 Å². The second kappa shape index (κ2) is 3.60. The van der Waals surface area contributed by atoms with Gasteiger partial charge in [0.25, 0.3) is 0 Å². The van der Waals surface area contributed by atoms with E-state index in [1.54, 1.807) is 0 Å². The molecule has 2 rings (SSSR count). The molecule has 0 atom stereocenters. The molecule has 0 fully saturated rings. The Morgan fingerprint density at radius 2 is 2.23 bits per heavy atom. The zero-order valence-corrected chi connectivity index (χ0v) is 9.82. The fourth-order valence-electron chi connectivity index (χ4n) is 1.70. The lowest BCUT2D eigenvalue weighted by Gasteiger charge is -2.26. The number of rotatable bonds is 0. The number of hydrogen-bond acceptors (Lipinski definition) is 1. The molecule has 0 amide bonds. The van der Waals surface area contributed by atoms with Crippen molar-refractivity contribution in [2.24, 2.45) is 0 Å². The molecule has 0 saturated heterocycles. The third kappa shape index (κ3) is 1.76. The molecule has 1 aromatic carbocycles. The van der Waals surface area contributed by atoms with Crippen molar-refractivity contribution in [2.45, 2.75) is 13.0 Å². The first kappa shape index (κ1) is 9.50. The molecule has 1 aromatic rings. The third-order valence-corrected chi connectivity index (χ3v) is 3.80. The van der Waals surface area contributed by atoms with Crippen LogP contribution in [0, 0.1) is 0 Å². The van der Waals surface area contributed by atoms with Crippen LogP contribution in [0.15, 0.2) is 16.6 Å². The minimum absolute atomic E-state index is 0.879. The van der Waals surface area contributed by atoms with Crippen LogP contribution in [0.25, 0.3) is 0 Å². The maximum Gasteiger partial charge on any atom is 0.0595 e. The molecule has 0 spiro atoms. The summed E-state index contributed by atoms with van der Waals surface area (Å²) < 4.78 is 1.00. The normalized spacial score (nSPS) is 17.2. The van der Waals surface area contributed by atoms with Gasteiger partial charge in [0.05, 0.1) is 5.02 Å². The monoisotopic (exact) mass is 259 g/mol. The Morgan fingerprint density at radius 1 is 1.46 bits per heavy atom. The molecular weight excluding hydrogens is 249 g/mol. The second-order valence-corrected chi connectivity index (χ2v) is 4.72. The lowest BCUT2D eigenvalue weighted by molar-refractivity contribution is 0.313. The molecule has 1 heterocycles. The van der Waals surface area contributed by atoms with Crippen molar-refractivity contribution >= 4 is 27.5 Å². The summed E-state index contributed by atoms with van der Waals surface area (Å²) in [5.41, 5.74) is 2.68. The third-order valence-electron chi connectivity index (χ3n) is 2.48. The van der Waals surface area contributed by atoms with Crippen LogP contribution < -0.4 is 0 Å². The largest absolute Gasteiger partial charge is 0.302 e. The van der Waals surface area contributed by atoms with E-state index in [1.807, 2.05) is 6.07 Å². The van der Waals surface area contributed by atoms with Crippen LogP contribution in [0.4, 0.5) is 0 Å².